The van der Waals surface area contributed by atoms with Gasteiger partial charge in [0, 0.05) is 24.3 Å². The number of fused-ring (bicyclic) bond motifs is 1. The first-order valence-electron chi connectivity index (χ1n) is 9.78. The number of benzene rings is 2. The van der Waals surface area contributed by atoms with Crippen molar-refractivity contribution in [2.24, 2.45) is 11.7 Å². The lowest BCUT2D eigenvalue weighted by atomic mass is 9.94. The van der Waals surface area contributed by atoms with Gasteiger partial charge in [0.05, 0.1) is 12.5 Å². The summed E-state index contributed by atoms with van der Waals surface area (Å²) in [5.41, 5.74) is 7.77. The Morgan fingerprint density at radius 3 is 2.48 bits per heavy atom. The maximum absolute atomic E-state index is 12.9. The van der Waals surface area contributed by atoms with Gasteiger partial charge in [0.1, 0.15) is 13.2 Å². The lowest BCUT2D eigenvalue weighted by Gasteiger charge is -2.27. The number of rotatable bonds is 7. The van der Waals surface area contributed by atoms with Crippen LogP contribution in [0.5, 0.6) is 11.5 Å². The quantitative estimate of drug-likeness (QED) is 0.749. The molecule has 0 saturated carbocycles. The molecule has 1 heterocycles. The van der Waals surface area contributed by atoms with E-state index in [-0.39, 0.29) is 18.4 Å². The molecule has 1 aliphatic heterocycles. The Morgan fingerprint density at radius 2 is 1.79 bits per heavy atom. The molecule has 0 spiro atoms. The van der Waals surface area contributed by atoms with E-state index >= 15 is 0 Å². The van der Waals surface area contributed by atoms with E-state index in [4.69, 9.17) is 15.2 Å². The highest BCUT2D eigenvalue weighted by atomic mass is 16.6. The molecule has 7 heteroatoms. The Kier molecular flexibility index (Phi) is 6.72. The molecule has 2 amide bonds. The molecular formula is C22H27N3O4. The highest BCUT2D eigenvalue weighted by Gasteiger charge is 2.27. The number of amides is 2. The van der Waals surface area contributed by atoms with Crippen LogP contribution in [0.25, 0.3) is 0 Å². The number of nitrogens with two attached hydrogens (primary N) is 1. The van der Waals surface area contributed by atoms with Gasteiger partial charge in [0.15, 0.2) is 11.5 Å². The van der Waals surface area contributed by atoms with E-state index in [2.05, 4.69) is 5.32 Å². The molecular weight excluding hydrogens is 370 g/mol. The van der Waals surface area contributed by atoms with Crippen molar-refractivity contribution in [3.8, 4) is 11.5 Å². The van der Waals surface area contributed by atoms with Crippen molar-refractivity contribution in [1.82, 2.24) is 4.90 Å². The molecule has 0 fully saturated rings. The minimum absolute atomic E-state index is 0.0460. The van der Waals surface area contributed by atoms with Crippen LogP contribution in [-0.4, -0.2) is 43.0 Å². The number of nitrogens with zero attached hydrogens (tertiary/aromatic N) is 1. The van der Waals surface area contributed by atoms with E-state index in [1.54, 1.807) is 25.1 Å². The standard InChI is InChI=1S/C22H27N3O4/c1-3-25(22(27)15(2)21(23)16-7-5-4-6-8-16)14-20(26)24-17-9-10-18-19(13-17)29-12-11-28-18/h4-10,13,15,21H,3,11-12,14,23H2,1-2H3,(H,24,26). The Bertz CT molecular complexity index is 856. The fraction of sp³-hybridized carbons (Fsp3) is 0.364. The number of hydrogen-bond donors (Lipinski definition) is 2. The van der Waals surface area contributed by atoms with E-state index in [1.807, 2.05) is 37.3 Å². The van der Waals surface area contributed by atoms with Gasteiger partial charge in [0.2, 0.25) is 11.8 Å². The third-order valence-electron chi connectivity index (χ3n) is 4.97. The summed E-state index contributed by atoms with van der Waals surface area (Å²) in [6.45, 7) is 4.99. The topological polar surface area (TPSA) is 93.9 Å². The predicted molar refractivity (Wildman–Crippen MR) is 111 cm³/mol. The minimum Gasteiger partial charge on any atom is -0.486 e. The smallest absolute Gasteiger partial charge is 0.243 e. The zero-order chi connectivity index (χ0) is 20.8. The first-order valence-corrected chi connectivity index (χ1v) is 9.78. The van der Waals surface area contributed by atoms with Crippen molar-refractivity contribution >= 4 is 17.5 Å². The zero-order valence-electron chi connectivity index (χ0n) is 16.8. The molecule has 2 aromatic carbocycles. The molecule has 29 heavy (non-hydrogen) atoms. The van der Waals surface area contributed by atoms with E-state index in [0.717, 1.165) is 5.56 Å². The number of likely N-dealkylation sites (N-methyl/N-ethyl adjacent to an activating group) is 1. The number of ether oxygens (including phenoxy) is 2. The summed E-state index contributed by atoms with van der Waals surface area (Å²) in [6.07, 6.45) is 0. The molecule has 154 valence electrons. The molecule has 0 bridgehead atoms. The van der Waals surface area contributed by atoms with Crippen LogP contribution in [0.15, 0.2) is 48.5 Å². The van der Waals surface area contributed by atoms with Gasteiger partial charge in [-0.15, -0.1) is 0 Å². The predicted octanol–water partition coefficient (Wildman–Crippen LogP) is 2.58. The Morgan fingerprint density at radius 1 is 1.10 bits per heavy atom. The molecule has 0 radical (unpaired) electrons. The summed E-state index contributed by atoms with van der Waals surface area (Å²) in [7, 11) is 0. The number of carbonyl (C=O) groups excluding carboxylic acids is 2. The van der Waals surface area contributed by atoms with Crippen LogP contribution in [0.4, 0.5) is 5.69 Å². The average molecular weight is 397 g/mol. The first-order chi connectivity index (χ1) is 14.0. The lowest BCUT2D eigenvalue weighted by molar-refractivity contribution is -0.138. The third-order valence-corrected chi connectivity index (χ3v) is 4.97. The maximum atomic E-state index is 12.9. The SMILES string of the molecule is CCN(CC(=O)Nc1ccc2c(c1)OCCO2)C(=O)C(C)C(N)c1ccccc1. The fourth-order valence-corrected chi connectivity index (χ4v) is 3.25. The van der Waals surface area contributed by atoms with E-state index in [0.29, 0.717) is 36.9 Å². The van der Waals surface area contributed by atoms with E-state index in [9.17, 15) is 9.59 Å². The summed E-state index contributed by atoms with van der Waals surface area (Å²) in [6, 6.07) is 14.3. The van der Waals surface area contributed by atoms with Crippen LogP contribution in [0.1, 0.15) is 25.5 Å². The van der Waals surface area contributed by atoms with Gasteiger partial charge in [-0.2, -0.15) is 0 Å². The summed E-state index contributed by atoms with van der Waals surface area (Å²) >= 11 is 0. The van der Waals surface area contributed by atoms with Gasteiger partial charge in [-0.25, -0.2) is 0 Å². The van der Waals surface area contributed by atoms with Crippen molar-refractivity contribution in [2.45, 2.75) is 19.9 Å². The number of hydrogen-bond acceptors (Lipinski definition) is 5. The van der Waals surface area contributed by atoms with Crippen molar-refractivity contribution in [3.05, 3.63) is 54.1 Å². The highest BCUT2D eigenvalue weighted by molar-refractivity contribution is 5.95. The summed E-state index contributed by atoms with van der Waals surface area (Å²) < 4.78 is 11.0. The van der Waals surface area contributed by atoms with Crippen LogP contribution >= 0.6 is 0 Å². The molecule has 0 aliphatic carbocycles. The van der Waals surface area contributed by atoms with E-state index in [1.165, 1.54) is 4.90 Å². The molecule has 3 N–H and O–H groups in total. The van der Waals surface area contributed by atoms with Gasteiger partial charge in [-0.1, -0.05) is 37.3 Å². The monoisotopic (exact) mass is 397 g/mol. The summed E-state index contributed by atoms with van der Waals surface area (Å²) in [4.78, 5) is 26.9. The fourth-order valence-electron chi connectivity index (χ4n) is 3.25. The molecule has 0 aromatic heterocycles. The second kappa shape index (κ2) is 9.43. The van der Waals surface area contributed by atoms with Crippen molar-refractivity contribution in [2.75, 3.05) is 31.6 Å². The summed E-state index contributed by atoms with van der Waals surface area (Å²) in [5.74, 6) is 0.376. The molecule has 2 unspecified atom stereocenters. The zero-order valence-corrected chi connectivity index (χ0v) is 16.8. The number of nitrogens with one attached hydrogen (secondary N) is 1. The molecule has 7 nitrogen and oxygen atoms in total. The molecule has 2 atom stereocenters. The van der Waals surface area contributed by atoms with Gasteiger partial charge in [-0.3, -0.25) is 9.59 Å². The van der Waals surface area contributed by atoms with Gasteiger partial charge >= 0.3 is 0 Å². The molecule has 3 rings (SSSR count). The Balaban J connectivity index is 1.61. The van der Waals surface area contributed by atoms with Crippen molar-refractivity contribution in [1.29, 1.82) is 0 Å². The Hall–Kier alpha value is -3.06. The van der Waals surface area contributed by atoms with Crippen molar-refractivity contribution < 1.29 is 19.1 Å². The van der Waals surface area contributed by atoms with Crippen LogP contribution in [-0.2, 0) is 9.59 Å². The van der Waals surface area contributed by atoms with Crippen LogP contribution in [0.3, 0.4) is 0 Å². The minimum atomic E-state index is -0.445. The van der Waals surface area contributed by atoms with Crippen molar-refractivity contribution in [3.63, 3.8) is 0 Å². The highest BCUT2D eigenvalue weighted by Crippen LogP contribution is 2.32. The molecule has 2 aromatic rings. The molecule has 0 saturated heterocycles. The lowest BCUT2D eigenvalue weighted by Crippen LogP contribution is -2.43. The van der Waals surface area contributed by atoms with E-state index < -0.39 is 12.0 Å². The third kappa shape index (κ3) is 5.06. The number of anilines is 1. The maximum Gasteiger partial charge on any atom is 0.243 e. The second-order valence-corrected chi connectivity index (χ2v) is 6.98. The van der Waals surface area contributed by atoms with Gasteiger partial charge in [0.25, 0.3) is 0 Å². The number of carbonyl (C=O) groups is 2. The second-order valence-electron chi connectivity index (χ2n) is 6.98. The molecule has 1 aliphatic rings. The van der Waals surface area contributed by atoms with Crippen LogP contribution in [0.2, 0.25) is 0 Å². The largest absolute Gasteiger partial charge is 0.486 e. The van der Waals surface area contributed by atoms with Gasteiger partial charge in [-0.05, 0) is 24.6 Å². The van der Waals surface area contributed by atoms with Crippen LogP contribution < -0.4 is 20.5 Å². The Labute approximate surface area is 170 Å². The normalized spacial score (nSPS) is 14.6. The van der Waals surface area contributed by atoms with Crippen LogP contribution in [0, 0.1) is 5.92 Å². The first kappa shape index (κ1) is 20.7. The summed E-state index contributed by atoms with van der Waals surface area (Å²) in [5, 5.41) is 2.81. The van der Waals surface area contributed by atoms with Gasteiger partial charge < -0.3 is 25.4 Å². The average Bonchev–Trinajstić information content (AvgIpc) is 2.76.